The summed E-state index contributed by atoms with van der Waals surface area (Å²) in [5.74, 6) is -0.198. The summed E-state index contributed by atoms with van der Waals surface area (Å²) in [7, 11) is -3.71. The van der Waals surface area contributed by atoms with Gasteiger partial charge in [0.1, 0.15) is 0 Å². The maximum Gasteiger partial charge on any atom is 0.243 e. The van der Waals surface area contributed by atoms with E-state index in [9.17, 15) is 13.2 Å². The first-order valence-corrected chi connectivity index (χ1v) is 11.3. The van der Waals surface area contributed by atoms with Crippen LogP contribution in [0.3, 0.4) is 0 Å². The van der Waals surface area contributed by atoms with Crippen LogP contribution in [0.15, 0.2) is 78.0 Å². The Hall–Kier alpha value is -3.03. The van der Waals surface area contributed by atoms with E-state index >= 15 is 0 Å². The summed E-state index contributed by atoms with van der Waals surface area (Å²) < 4.78 is 28.7. The SMILES string of the molecule is CC(=O)Nc1ccc(S(=O)(=O)N2CCc3ccccc3C2Cc2ccncc2)cc1. The van der Waals surface area contributed by atoms with Crippen molar-refractivity contribution in [1.29, 1.82) is 0 Å². The number of hydrogen-bond acceptors (Lipinski definition) is 4. The van der Waals surface area contributed by atoms with Crippen molar-refractivity contribution in [3.05, 3.63) is 89.7 Å². The maximum atomic E-state index is 13.6. The molecule has 3 aromatic rings. The molecule has 6 nitrogen and oxygen atoms in total. The molecule has 0 bridgehead atoms. The van der Waals surface area contributed by atoms with E-state index in [4.69, 9.17) is 0 Å². The molecule has 0 spiro atoms. The van der Waals surface area contributed by atoms with Gasteiger partial charge in [-0.1, -0.05) is 24.3 Å². The van der Waals surface area contributed by atoms with E-state index in [0.29, 0.717) is 25.1 Å². The van der Waals surface area contributed by atoms with E-state index in [1.54, 1.807) is 41.0 Å². The highest BCUT2D eigenvalue weighted by molar-refractivity contribution is 7.89. The van der Waals surface area contributed by atoms with Crippen molar-refractivity contribution in [3.63, 3.8) is 0 Å². The van der Waals surface area contributed by atoms with Gasteiger partial charge in [0.2, 0.25) is 15.9 Å². The van der Waals surface area contributed by atoms with Gasteiger partial charge in [-0.2, -0.15) is 4.31 Å². The van der Waals surface area contributed by atoms with Gasteiger partial charge in [0.05, 0.1) is 10.9 Å². The fourth-order valence-electron chi connectivity index (χ4n) is 3.92. The van der Waals surface area contributed by atoms with E-state index in [1.165, 1.54) is 12.5 Å². The van der Waals surface area contributed by atoms with Gasteiger partial charge in [0.25, 0.3) is 0 Å². The molecule has 1 amide bonds. The van der Waals surface area contributed by atoms with Crippen LogP contribution in [0.5, 0.6) is 0 Å². The lowest BCUT2D eigenvalue weighted by Gasteiger charge is -2.36. The molecule has 1 aliphatic heterocycles. The molecule has 7 heteroatoms. The minimum atomic E-state index is -3.71. The van der Waals surface area contributed by atoms with E-state index in [-0.39, 0.29) is 16.8 Å². The Labute approximate surface area is 176 Å². The number of anilines is 1. The van der Waals surface area contributed by atoms with E-state index < -0.39 is 10.0 Å². The van der Waals surface area contributed by atoms with E-state index in [1.807, 2.05) is 30.3 Å². The highest BCUT2D eigenvalue weighted by Gasteiger charge is 2.36. The Bertz CT molecular complexity index is 1150. The number of fused-ring (bicyclic) bond motifs is 1. The standard InChI is InChI=1S/C23H23N3O3S/c1-17(27)25-20-6-8-21(9-7-20)30(28,29)26-15-12-19-4-2-3-5-22(19)23(26)16-18-10-13-24-14-11-18/h2-11,13-14,23H,12,15-16H2,1H3,(H,25,27). The first-order chi connectivity index (χ1) is 14.4. The topological polar surface area (TPSA) is 79.4 Å². The molecular formula is C23H23N3O3S. The average molecular weight is 422 g/mol. The lowest BCUT2D eigenvalue weighted by Crippen LogP contribution is -2.41. The third-order valence-corrected chi connectivity index (χ3v) is 7.25. The van der Waals surface area contributed by atoms with Gasteiger partial charge in [-0.05, 0) is 65.9 Å². The van der Waals surface area contributed by atoms with Gasteiger partial charge < -0.3 is 5.32 Å². The van der Waals surface area contributed by atoms with E-state index in [0.717, 1.165) is 11.1 Å². The number of sulfonamides is 1. The Kier molecular flexibility index (Phi) is 5.65. The Morgan fingerprint density at radius 3 is 2.47 bits per heavy atom. The molecule has 2 aromatic carbocycles. The fourth-order valence-corrected chi connectivity index (χ4v) is 5.52. The van der Waals surface area contributed by atoms with Crippen molar-refractivity contribution >= 4 is 21.6 Å². The first-order valence-electron chi connectivity index (χ1n) is 9.81. The van der Waals surface area contributed by atoms with Gasteiger partial charge >= 0.3 is 0 Å². The van der Waals surface area contributed by atoms with Crippen molar-refractivity contribution in [2.45, 2.75) is 30.7 Å². The summed E-state index contributed by atoms with van der Waals surface area (Å²) in [6.45, 7) is 1.84. The fraction of sp³-hybridized carbons (Fsp3) is 0.217. The molecule has 0 aliphatic carbocycles. The number of carbonyl (C=O) groups excluding carboxylic acids is 1. The van der Waals surface area contributed by atoms with Gasteiger partial charge in [0, 0.05) is 31.5 Å². The zero-order valence-electron chi connectivity index (χ0n) is 16.7. The molecular weight excluding hydrogens is 398 g/mol. The number of nitrogens with one attached hydrogen (secondary N) is 1. The second-order valence-corrected chi connectivity index (χ2v) is 9.24. The van der Waals surface area contributed by atoms with Crippen LogP contribution in [0.4, 0.5) is 5.69 Å². The number of benzene rings is 2. The number of carbonyl (C=O) groups is 1. The minimum Gasteiger partial charge on any atom is -0.326 e. The second kappa shape index (κ2) is 8.38. The largest absolute Gasteiger partial charge is 0.326 e. The van der Waals surface area contributed by atoms with Crippen molar-refractivity contribution in [2.75, 3.05) is 11.9 Å². The van der Waals surface area contributed by atoms with Gasteiger partial charge in [-0.25, -0.2) is 8.42 Å². The smallest absolute Gasteiger partial charge is 0.243 e. The quantitative estimate of drug-likeness (QED) is 0.683. The lowest BCUT2D eigenvalue weighted by molar-refractivity contribution is -0.114. The molecule has 2 heterocycles. The zero-order chi connectivity index (χ0) is 21.1. The van der Waals surface area contributed by atoms with Crippen LogP contribution in [0.2, 0.25) is 0 Å². The normalized spacial score (nSPS) is 16.6. The molecule has 0 saturated heterocycles. The predicted octanol–water partition coefficient (Wildman–Crippen LogP) is 3.57. The number of hydrogen-bond donors (Lipinski definition) is 1. The number of pyridine rings is 1. The number of nitrogens with zero attached hydrogens (tertiary/aromatic N) is 2. The zero-order valence-corrected chi connectivity index (χ0v) is 17.5. The Morgan fingerprint density at radius 2 is 1.77 bits per heavy atom. The van der Waals surface area contributed by atoms with Crippen molar-refractivity contribution in [3.8, 4) is 0 Å². The molecule has 30 heavy (non-hydrogen) atoms. The first kappa shape index (κ1) is 20.3. The molecule has 1 unspecified atom stereocenters. The molecule has 1 atom stereocenters. The van der Waals surface area contributed by atoms with Crippen LogP contribution in [0, 0.1) is 0 Å². The summed E-state index contributed by atoms with van der Waals surface area (Å²) in [6.07, 6.45) is 4.70. The highest BCUT2D eigenvalue weighted by Crippen LogP contribution is 2.36. The number of aromatic nitrogens is 1. The van der Waals surface area contributed by atoms with Crippen LogP contribution in [0.25, 0.3) is 0 Å². The van der Waals surface area contributed by atoms with Gasteiger partial charge in [-0.3, -0.25) is 9.78 Å². The number of amides is 1. The molecule has 0 radical (unpaired) electrons. The summed E-state index contributed by atoms with van der Waals surface area (Å²) in [5, 5.41) is 2.66. The number of rotatable bonds is 5. The molecule has 0 saturated carbocycles. The third-order valence-electron chi connectivity index (χ3n) is 5.32. The van der Waals surface area contributed by atoms with Gasteiger partial charge in [-0.15, -0.1) is 0 Å². The van der Waals surface area contributed by atoms with Crippen molar-refractivity contribution in [2.24, 2.45) is 0 Å². The summed E-state index contributed by atoms with van der Waals surface area (Å²) in [4.78, 5) is 15.5. The minimum absolute atomic E-state index is 0.198. The van der Waals surface area contributed by atoms with Crippen LogP contribution in [-0.4, -0.2) is 30.2 Å². The highest BCUT2D eigenvalue weighted by atomic mass is 32.2. The van der Waals surface area contributed by atoms with Crippen LogP contribution >= 0.6 is 0 Å². The van der Waals surface area contributed by atoms with Crippen LogP contribution in [-0.2, 0) is 27.7 Å². The molecule has 154 valence electrons. The summed E-state index contributed by atoms with van der Waals surface area (Å²) >= 11 is 0. The van der Waals surface area contributed by atoms with Crippen LogP contribution in [0.1, 0.15) is 29.7 Å². The van der Waals surface area contributed by atoms with Crippen LogP contribution < -0.4 is 5.32 Å². The monoisotopic (exact) mass is 421 g/mol. The van der Waals surface area contributed by atoms with Gasteiger partial charge in [0.15, 0.2) is 0 Å². The predicted molar refractivity (Wildman–Crippen MR) is 115 cm³/mol. The molecule has 1 N–H and O–H groups in total. The van der Waals surface area contributed by atoms with E-state index in [2.05, 4.69) is 16.4 Å². The Morgan fingerprint density at radius 1 is 1.07 bits per heavy atom. The third kappa shape index (κ3) is 4.13. The summed E-state index contributed by atoms with van der Waals surface area (Å²) in [6, 6.07) is 17.9. The molecule has 1 aromatic heterocycles. The maximum absolute atomic E-state index is 13.6. The molecule has 1 aliphatic rings. The average Bonchev–Trinajstić information content (AvgIpc) is 2.74. The molecule has 4 rings (SSSR count). The lowest BCUT2D eigenvalue weighted by atomic mass is 9.90. The van der Waals surface area contributed by atoms with Crippen molar-refractivity contribution in [1.82, 2.24) is 9.29 Å². The Balaban J connectivity index is 1.70. The second-order valence-electron chi connectivity index (χ2n) is 7.35. The molecule has 0 fully saturated rings. The summed E-state index contributed by atoms with van der Waals surface area (Å²) in [5.41, 5.74) is 3.83. The van der Waals surface area contributed by atoms with Crippen molar-refractivity contribution < 1.29 is 13.2 Å².